The largest absolute Gasteiger partial charge is 0.142 e. The van der Waals surface area contributed by atoms with Crippen molar-refractivity contribution in [3.63, 3.8) is 0 Å². The molecule has 5 aromatic rings. The zero-order valence-corrected chi connectivity index (χ0v) is 29.3. The van der Waals surface area contributed by atoms with E-state index in [1.165, 1.54) is 114 Å². The van der Waals surface area contributed by atoms with Crippen LogP contribution in [0.1, 0.15) is 92.7 Å². The summed E-state index contributed by atoms with van der Waals surface area (Å²) in [5.41, 5.74) is 12.4. The van der Waals surface area contributed by atoms with E-state index in [1.54, 1.807) is 11.1 Å². The van der Waals surface area contributed by atoms with Crippen LogP contribution in [0.4, 0.5) is 0 Å². The standard InChI is InChI=1S/C47H48S/c1-28-24-29-10-2-3-11-31(29)26-43(28)42-21-7-16-34(47(42)48)33-13-6-12-30(25-33)32-22-23-37-40-19-8-17-38-35-14-4-5-15-36(35)39-18-9-20-41(44(37)27-32)46(39)45(38)40/h2-3,6-7,10-13,16,21-27,35-36,38-41,45-46,48H,4-5,8-9,14-15,17-20H2,1H3. The van der Waals surface area contributed by atoms with E-state index in [4.69, 9.17) is 12.6 Å². The molecule has 0 N–H and O–H groups in total. The van der Waals surface area contributed by atoms with Crippen LogP contribution in [0.3, 0.4) is 0 Å². The number of hydrogen-bond donors (Lipinski definition) is 1. The van der Waals surface area contributed by atoms with Gasteiger partial charge < -0.3 is 0 Å². The molecule has 8 atom stereocenters. The van der Waals surface area contributed by atoms with Crippen LogP contribution in [0.5, 0.6) is 0 Å². The molecule has 48 heavy (non-hydrogen) atoms. The summed E-state index contributed by atoms with van der Waals surface area (Å²) in [6, 6.07) is 37.0. The molecule has 4 fully saturated rings. The molecule has 8 unspecified atom stereocenters. The predicted octanol–water partition coefficient (Wildman–Crippen LogP) is 13.3. The highest BCUT2D eigenvalue weighted by Crippen LogP contribution is 2.68. The highest BCUT2D eigenvalue weighted by Gasteiger charge is 2.58. The highest BCUT2D eigenvalue weighted by molar-refractivity contribution is 7.80. The second kappa shape index (κ2) is 11.7. The van der Waals surface area contributed by atoms with Crippen LogP contribution in [0.25, 0.3) is 44.2 Å². The fraction of sp³-hybridized carbons (Fsp3) is 0.404. The molecule has 0 bridgehead atoms. The van der Waals surface area contributed by atoms with Crippen LogP contribution in [-0.4, -0.2) is 0 Å². The molecule has 0 nitrogen and oxygen atoms in total. The lowest BCUT2D eigenvalue weighted by Gasteiger charge is -2.63. The molecule has 4 saturated carbocycles. The Hall–Kier alpha value is -3.29. The fourth-order valence-electron chi connectivity index (χ4n) is 12.5. The molecule has 0 radical (unpaired) electrons. The minimum Gasteiger partial charge on any atom is -0.142 e. The number of aryl methyl sites for hydroxylation is 1. The van der Waals surface area contributed by atoms with Crippen molar-refractivity contribution in [2.24, 2.45) is 35.5 Å². The number of fused-ring (bicyclic) bond motifs is 7. The summed E-state index contributed by atoms with van der Waals surface area (Å²) in [7, 11) is 0. The third-order valence-corrected chi connectivity index (χ3v) is 14.7. The van der Waals surface area contributed by atoms with Crippen LogP contribution in [-0.2, 0) is 0 Å². The van der Waals surface area contributed by atoms with E-state index in [9.17, 15) is 0 Å². The number of benzene rings is 5. The van der Waals surface area contributed by atoms with Gasteiger partial charge in [-0.2, -0.15) is 0 Å². The van der Waals surface area contributed by atoms with Gasteiger partial charge in [0.25, 0.3) is 0 Å². The van der Waals surface area contributed by atoms with Crippen molar-refractivity contribution in [3.05, 3.63) is 114 Å². The summed E-state index contributed by atoms with van der Waals surface area (Å²) >= 11 is 5.21. The summed E-state index contributed by atoms with van der Waals surface area (Å²) in [6.45, 7) is 2.23. The van der Waals surface area contributed by atoms with Gasteiger partial charge in [0.2, 0.25) is 0 Å². The van der Waals surface area contributed by atoms with Crippen LogP contribution < -0.4 is 0 Å². The van der Waals surface area contributed by atoms with Crippen molar-refractivity contribution in [1.29, 1.82) is 0 Å². The van der Waals surface area contributed by atoms with Gasteiger partial charge in [0, 0.05) is 4.90 Å². The summed E-state index contributed by atoms with van der Waals surface area (Å²) in [4.78, 5) is 1.06. The Balaban J connectivity index is 1.03. The maximum atomic E-state index is 5.21. The molecular formula is C47H48S. The Kier molecular flexibility index (Phi) is 7.19. The van der Waals surface area contributed by atoms with E-state index in [2.05, 4.69) is 104 Å². The molecule has 5 aliphatic rings. The zero-order chi connectivity index (χ0) is 31.9. The van der Waals surface area contributed by atoms with Gasteiger partial charge in [-0.1, -0.05) is 111 Å². The second-order valence-corrected chi connectivity index (χ2v) is 16.8. The molecule has 0 aliphatic heterocycles. The molecule has 0 saturated heterocycles. The minimum absolute atomic E-state index is 0.775. The Bertz CT molecular complexity index is 2040. The van der Waals surface area contributed by atoms with E-state index >= 15 is 0 Å². The molecule has 5 aromatic carbocycles. The lowest BCUT2D eigenvalue weighted by Crippen LogP contribution is -2.55. The van der Waals surface area contributed by atoms with Gasteiger partial charge in [0.1, 0.15) is 0 Å². The van der Waals surface area contributed by atoms with Crippen molar-refractivity contribution < 1.29 is 0 Å². The van der Waals surface area contributed by atoms with Gasteiger partial charge >= 0.3 is 0 Å². The monoisotopic (exact) mass is 644 g/mol. The minimum atomic E-state index is 0.775. The number of thiol groups is 1. The van der Waals surface area contributed by atoms with Gasteiger partial charge in [-0.25, -0.2) is 0 Å². The van der Waals surface area contributed by atoms with E-state index < -0.39 is 0 Å². The molecule has 0 aromatic heterocycles. The van der Waals surface area contributed by atoms with Crippen LogP contribution in [0, 0.1) is 42.4 Å². The molecule has 5 aliphatic carbocycles. The van der Waals surface area contributed by atoms with E-state index in [0.717, 1.165) is 52.2 Å². The lowest BCUT2D eigenvalue weighted by atomic mass is 9.41. The van der Waals surface area contributed by atoms with Gasteiger partial charge in [-0.15, -0.1) is 12.6 Å². The van der Waals surface area contributed by atoms with Crippen LogP contribution >= 0.6 is 12.6 Å². The first-order chi connectivity index (χ1) is 23.6. The fourth-order valence-corrected chi connectivity index (χ4v) is 12.9. The zero-order valence-electron chi connectivity index (χ0n) is 28.4. The Morgan fingerprint density at radius 3 is 1.81 bits per heavy atom. The number of rotatable bonds is 3. The second-order valence-electron chi connectivity index (χ2n) is 16.3. The van der Waals surface area contributed by atoms with Gasteiger partial charge in [0.15, 0.2) is 0 Å². The Morgan fingerprint density at radius 1 is 0.458 bits per heavy atom. The van der Waals surface area contributed by atoms with Gasteiger partial charge in [0.05, 0.1) is 0 Å². The lowest BCUT2D eigenvalue weighted by molar-refractivity contribution is -0.101. The highest BCUT2D eigenvalue weighted by atomic mass is 32.1. The molecule has 0 spiro atoms. The summed E-state index contributed by atoms with van der Waals surface area (Å²) in [5.74, 6) is 7.54. The first kappa shape index (κ1) is 29.6. The van der Waals surface area contributed by atoms with Crippen molar-refractivity contribution >= 4 is 23.4 Å². The van der Waals surface area contributed by atoms with E-state index in [0.29, 0.717) is 0 Å². The van der Waals surface area contributed by atoms with Gasteiger partial charge in [-0.05, 0) is 166 Å². The van der Waals surface area contributed by atoms with Crippen LogP contribution in [0.15, 0.2) is 102 Å². The predicted molar refractivity (Wildman–Crippen MR) is 205 cm³/mol. The van der Waals surface area contributed by atoms with E-state index in [-0.39, 0.29) is 0 Å². The first-order valence-electron chi connectivity index (χ1n) is 19.2. The summed E-state index contributed by atoms with van der Waals surface area (Å²) in [6.07, 6.45) is 14.8. The Labute approximate surface area is 292 Å². The Morgan fingerprint density at radius 2 is 1.06 bits per heavy atom. The van der Waals surface area contributed by atoms with Crippen molar-refractivity contribution in [1.82, 2.24) is 0 Å². The average molecular weight is 645 g/mol. The SMILES string of the molecule is Cc1cc2ccccc2cc1-c1cccc(-c2cccc(-c3ccc4c(c3)C3CCCC5C6CCCCC6C6CCCC4C6C35)c2)c1S. The molecule has 242 valence electrons. The molecule has 10 rings (SSSR count). The maximum absolute atomic E-state index is 5.21. The summed E-state index contributed by atoms with van der Waals surface area (Å²) in [5, 5.41) is 2.56. The molecule has 0 heterocycles. The summed E-state index contributed by atoms with van der Waals surface area (Å²) < 4.78 is 0. The van der Waals surface area contributed by atoms with Crippen molar-refractivity contribution in [2.75, 3.05) is 0 Å². The van der Waals surface area contributed by atoms with Gasteiger partial charge in [-0.3, -0.25) is 0 Å². The smallest absolute Gasteiger partial charge is 0.0197 e. The first-order valence-corrected chi connectivity index (χ1v) is 19.6. The topological polar surface area (TPSA) is 0 Å². The average Bonchev–Trinajstić information content (AvgIpc) is 3.14. The van der Waals surface area contributed by atoms with Crippen molar-refractivity contribution in [2.45, 2.75) is 87.9 Å². The van der Waals surface area contributed by atoms with E-state index in [1.807, 2.05) is 0 Å². The number of hydrogen-bond acceptors (Lipinski definition) is 1. The van der Waals surface area contributed by atoms with Crippen molar-refractivity contribution in [3.8, 4) is 33.4 Å². The molecule has 1 heteroatoms. The molecular weight excluding hydrogens is 597 g/mol. The third kappa shape index (κ3) is 4.56. The third-order valence-electron chi connectivity index (χ3n) is 14.3. The quantitative estimate of drug-likeness (QED) is 0.186. The van der Waals surface area contributed by atoms with Crippen LogP contribution in [0.2, 0.25) is 0 Å². The normalized spacial score (nSPS) is 30.3. The maximum Gasteiger partial charge on any atom is 0.0197 e. The molecule has 0 amide bonds.